The van der Waals surface area contributed by atoms with Crippen molar-refractivity contribution in [2.45, 2.75) is 9.79 Å². The van der Waals surface area contributed by atoms with E-state index in [1.54, 1.807) is 12.1 Å². The molecule has 0 radical (unpaired) electrons. The van der Waals surface area contributed by atoms with Crippen LogP contribution in [0.4, 0.5) is 4.39 Å². The van der Waals surface area contributed by atoms with Crippen LogP contribution in [0.1, 0.15) is 0 Å². The van der Waals surface area contributed by atoms with E-state index in [2.05, 4.69) is 12.6 Å². The predicted octanol–water partition coefficient (Wildman–Crippen LogP) is 2.84. The third-order valence-electron chi connectivity index (χ3n) is 1.14. The first-order valence-corrected chi connectivity index (χ1v) is 4.43. The van der Waals surface area contributed by atoms with Crippen LogP contribution in [0.2, 0.25) is 0 Å². The zero-order valence-electron chi connectivity index (χ0n) is 5.47. The minimum absolute atomic E-state index is 0.194. The van der Waals surface area contributed by atoms with Crippen molar-refractivity contribution in [3.8, 4) is 0 Å². The van der Waals surface area contributed by atoms with E-state index in [0.717, 1.165) is 0 Å². The predicted molar refractivity (Wildman–Crippen MR) is 45.4 cm³/mol. The standard InChI is InChI=1S/C7H7FS2/c1-10-7-3-2-5(9)4-6(7)8/h2-4,9H,1H3. The summed E-state index contributed by atoms with van der Waals surface area (Å²) >= 11 is 5.39. The Balaban J connectivity index is 3.07. The molecule has 10 heavy (non-hydrogen) atoms. The van der Waals surface area contributed by atoms with Crippen LogP contribution in [0.3, 0.4) is 0 Å². The summed E-state index contributed by atoms with van der Waals surface area (Å²) in [5.41, 5.74) is 0. The molecule has 0 fully saturated rings. The summed E-state index contributed by atoms with van der Waals surface area (Å²) in [5, 5.41) is 0. The Labute approximate surface area is 69.2 Å². The van der Waals surface area contributed by atoms with Gasteiger partial charge in [0.25, 0.3) is 0 Å². The lowest BCUT2D eigenvalue weighted by Gasteiger charge is -1.97. The highest BCUT2D eigenvalue weighted by molar-refractivity contribution is 7.98. The molecule has 0 saturated heterocycles. The van der Waals surface area contributed by atoms with E-state index in [4.69, 9.17) is 0 Å². The average molecular weight is 174 g/mol. The second-order valence-electron chi connectivity index (χ2n) is 1.82. The number of benzene rings is 1. The number of hydrogen-bond acceptors (Lipinski definition) is 2. The molecule has 0 bridgehead atoms. The SMILES string of the molecule is CSc1ccc(S)cc1F. The third kappa shape index (κ3) is 1.67. The lowest BCUT2D eigenvalue weighted by atomic mass is 10.3. The average Bonchev–Trinajstić information content (AvgIpc) is 1.88. The van der Waals surface area contributed by atoms with E-state index >= 15 is 0 Å². The normalized spacial score (nSPS) is 9.90. The molecule has 1 rings (SSSR count). The summed E-state index contributed by atoms with van der Waals surface area (Å²) in [5.74, 6) is -0.194. The van der Waals surface area contributed by atoms with Crippen LogP contribution in [0.5, 0.6) is 0 Å². The van der Waals surface area contributed by atoms with Crippen LogP contribution in [-0.4, -0.2) is 6.26 Å². The van der Waals surface area contributed by atoms with E-state index in [1.807, 2.05) is 6.26 Å². The van der Waals surface area contributed by atoms with Crippen LogP contribution in [-0.2, 0) is 0 Å². The molecular weight excluding hydrogens is 167 g/mol. The van der Waals surface area contributed by atoms with Gasteiger partial charge >= 0.3 is 0 Å². The maximum Gasteiger partial charge on any atom is 0.137 e. The van der Waals surface area contributed by atoms with Gasteiger partial charge < -0.3 is 0 Å². The molecule has 0 saturated carbocycles. The molecule has 0 atom stereocenters. The van der Waals surface area contributed by atoms with Crippen molar-refractivity contribution in [1.82, 2.24) is 0 Å². The van der Waals surface area contributed by atoms with Gasteiger partial charge in [-0.05, 0) is 24.5 Å². The van der Waals surface area contributed by atoms with Gasteiger partial charge in [0.15, 0.2) is 0 Å². The molecule has 0 spiro atoms. The highest BCUT2D eigenvalue weighted by Crippen LogP contribution is 2.20. The maximum atomic E-state index is 12.8. The molecule has 0 heterocycles. The molecule has 0 aliphatic rings. The van der Waals surface area contributed by atoms with Crippen molar-refractivity contribution in [3.63, 3.8) is 0 Å². The fourth-order valence-electron chi connectivity index (χ4n) is 0.655. The summed E-state index contributed by atoms with van der Waals surface area (Å²) in [6.07, 6.45) is 1.84. The van der Waals surface area contributed by atoms with Gasteiger partial charge in [0.1, 0.15) is 5.82 Å². The lowest BCUT2D eigenvalue weighted by Crippen LogP contribution is -1.78. The zero-order chi connectivity index (χ0) is 7.56. The van der Waals surface area contributed by atoms with Gasteiger partial charge in [0.05, 0.1) is 0 Å². The topological polar surface area (TPSA) is 0 Å². The van der Waals surface area contributed by atoms with Crippen molar-refractivity contribution in [3.05, 3.63) is 24.0 Å². The summed E-state index contributed by atoms with van der Waals surface area (Å²) in [6, 6.07) is 4.91. The largest absolute Gasteiger partial charge is 0.206 e. The highest BCUT2D eigenvalue weighted by atomic mass is 32.2. The van der Waals surface area contributed by atoms with E-state index in [1.165, 1.54) is 17.8 Å². The maximum absolute atomic E-state index is 12.8. The van der Waals surface area contributed by atoms with Crippen LogP contribution < -0.4 is 0 Å². The first kappa shape index (κ1) is 7.95. The van der Waals surface area contributed by atoms with E-state index < -0.39 is 0 Å². The Morgan fingerprint density at radius 1 is 1.50 bits per heavy atom. The smallest absolute Gasteiger partial charge is 0.137 e. The Morgan fingerprint density at radius 3 is 2.70 bits per heavy atom. The Bertz CT molecular complexity index is 235. The first-order valence-electron chi connectivity index (χ1n) is 2.76. The van der Waals surface area contributed by atoms with Crippen LogP contribution in [0.15, 0.2) is 28.0 Å². The van der Waals surface area contributed by atoms with Gasteiger partial charge in [0.2, 0.25) is 0 Å². The number of thiol groups is 1. The molecule has 0 amide bonds. The van der Waals surface area contributed by atoms with Gasteiger partial charge in [-0.25, -0.2) is 4.39 Å². The molecule has 1 aromatic carbocycles. The lowest BCUT2D eigenvalue weighted by molar-refractivity contribution is 0.598. The first-order chi connectivity index (χ1) is 4.74. The van der Waals surface area contributed by atoms with Gasteiger partial charge in [-0.3, -0.25) is 0 Å². The zero-order valence-corrected chi connectivity index (χ0v) is 7.18. The van der Waals surface area contributed by atoms with E-state index in [0.29, 0.717) is 9.79 Å². The van der Waals surface area contributed by atoms with Crippen molar-refractivity contribution in [1.29, 1.82) is 0 Å². The monoisotopic (exact) mass is 174 g/mol. The van der Waals surface area contributed by atoms with Gasteiger partial charge in [0, 0.05) is 9.79 Å². The molecule has 0 unspecified atom stereocenters. The fraction of sp³-hybridized carbons (Fsp3) is 0.143. The van der Waals surface area contributed by atoms with Crippen molar-refractivity contribution in [2.75, 3.05) is 6.26 Å². The third-order valence-corrected chi connectivity index (χ3v) is 2.18. The van der Waals surface area contributed by atoms with Gasteiger partial charge in [-0.2, -0.15) is 0 Å². The summed E-state index contributed by atoms with van der Waals surface area (Å²) in [4.78, 5) is 1.33. The molecule has 54 valence electrons. The second kappa shape index (κ2) is 3.30. The molecule has 0 nitrogen and oxygen atoms in total. The van der Waals surface area contributed by atoms with Gasteiger partial charge in [-0.1, -0.05) is 0 Å². The minimum Gasteiger partial charge on any atom is -0.206 e. The highest BCUT2D eigenvalue weighted by Gasteiger charge is 1.98. The van der Waals surface area contributed by atoms with Crippen molar-refractivity contribution < 1.29 is 4.39 Å². The molecule has 0 N–H and O–H groups in total. The van der Waals surface area contributed by atoms with Crippen LogP contribution in [0.25, 0.3) is 0 Å². The van der Waals surface area contributed by atoms with Crippen molar-refractivity contribution in [2.24, 2.45) is 0 Å². The molecular formula is C7H7FS2. The summed E-state index contributed by atoms with van der Waals surface area (Å²) in [6.45, 7) is 0. The molecule has 0 aliphatic carbocycles. The number of hydrogen-bond donors (Lipinski definition) is 1. The van der Waals surface area contributed by atoms with Crippen molar-refractivity contribution >= 4 is 24.4 Å². The molecule has 0 aromatic heterocycles. The van der Waals surface area contributed by atoms with Crippen LogP contribution in [0, 0.1) is 5.82 Å². The second-order valence-corrected chi connectivity index (χ2v) is 3.18. The Hall–Kier alpha value is -0.150. The minimum atomic E-state index is -0.194. The molecule has 3 heteroatoms. The number of thioether (sulfide) groups is 1. The molecule has 0 aliphatic heterocycles. The van der Waals surface area contributed by atoms with E-state index in [-0.39, 0.29) is 5.82 Å². The summed E-state index contributed by atoms with van der Waals surface area (Å²) < 4.78 is 12.8. The fourth-order valence-corrected chi connectivity index (χ4v) is 1.30. The number of rotatable bonds is 1. The quantitative estimate of drug-likeness (QED) is 0.504. The van der Waals surface area contributed by atoms with Crippen LogP contribution >= 0.6 is 24.4 Å². The summed E-state index contributed by atoms with van der Waals surface area (Å²) in [7, 11) is 0. The van der Waals surface area contributed by atoms with E-state index in [9.17, 15) is 4.39 Å². The molecule has 1 aromatic rings. The number of halogens is 1. The Kier molecular flexibility index (Phi) is 2.63. The Morgan fingerprint density at radius 2 is 2.20 bits per heavy atom. The van der Waals surface area contributed by atoms with Gasteiger partial charge in [-0.15, -0.1) is 24.4 Å².